The van der Waals surface area contributed by atoms with Crippen molar-refractivity contribution in [2.45, 2.75) is 45.4 Å². The van der Waals surface area contributed by atoms with E-state index in [1.165, 1.54) is 5.57 Å². The number of allylic oxidation sites excluding steroid dienone is 3. The van der Waals surface area contributed by atoms with E-state index in [0.717, 1.165) is 30.4 Å². The molecule has 5 heteroatoms. The van der Waals surface area contributed by atoms with Crippen LogP contribution in [0.5, 0.6) is 0 Å². The number of rotatable bonds is 6. The number of hydrogen-bond acceptors (Lipinski definition) is 3. The van der Waals surface area contributed by atoms with Gasteiger partial charge in [-0.15, -0.1) is 0 Å². The molecule has 0 amide bonds. The van der Waals surface area contributed by atoms with E-state index in [-0.39, 0.29) is 18.9 Å². The summed E-state index contributed by atoms with van der Waals surface area (Å²) in [4.78, 5) is 12.6. The van der Waals surface area contributed by atoms with E-state index >= 15 is 0 Å². The van der Waals surface area contributed by atoms with Gasteiger partial charge in [-0.3, -0.25) is 4.79 Å². The summed E-state index contributed by atoms with van der Waals surface area (Å²) in [5.74, 6) is -0.858. The van der Waals surface area contributed by atoms with Gasteiger partial charge in [0.25, 0.3) is 0 Å². The van der Waals surface area contributed by atoms with E-state index in [2.05, 4.69) is 38.1 Å². The van der Waals surface area contributed by atoms with Crippen molar-refractivity contribution in [3.05, 3.63) is 59.2 Å². The molecule has 0 heterocycles. The molecule has 1 aliphatic rings. The van der Waals surface area contributed by atoms with Gasteiger partial charge in [-0.1, -0.05) is 74.4 Å². The first kappa shape index (κ1) is 20.9. The van der Waals surface area contributed by atoms with Crippen LogP contribution in [0.15, 0.2) is 53.6 Å². The van der Waals surface area contributed by atoms with Crippen molar-refractivity contribution in [1.29, 1.82) is 0 Å². The van der Waals surface area contributed by atoms with Crippen LogP contribution in [0.2, 0.25) is 0 Å². The maximum absolute atomic E-state index is 12.6. The second-order valence-corrected chi connectivity index (χ2v) is 6.16. The fraction of sp³-hybridized carbons (Fsp3) is 0.421. The summed E-state index contributed by atoms with van der Waals surface area (Å²) in [7, 11) is -0.592. The molecule has 1 aliphatic carbocycles. The van der Waals surface area contributed by atoms with Crippen LogP contribution in [-0.4, -0.2) is 24.8 Å². The first-order valence-electron chi connectivity index (χ1n) is 8.14. The van der Waals surface area contributed by atoms with Gasteiger partial charge < -0.3 is 4.52 Å². The summed E-state index contributed by atoms with van der Waals surface area (Å²) in [6.45, 7) is 6.26. The first-order valence-corrected chi connectivity index (χ1v) is 8.87. The van der Waals surface area contributed by atoms with Gasteiger partial charge in [-0.2, -0.15) is 0 Å². The molecule has 124 valence electrons. The predicted molar refractivity (Wildman–Crippen MR) is 99.5 cm³/mol. The molecule has 0 bridgehead atoms. The van der Waals surface area contributed by atoms with Gasteiger partial charge in [0.05, 0.1) is 5.92 Å². The first-order chi connectivity index (χ1) is 11.1. The van der Waals surface area contributed by atoms with Crippen molar-refractivity contribution in [1.82, 2.24) is 0 Å². The number of carbonyl (C=O) groups excluding carboxylic acids is 1. The quantitative estimate of drug-likeness (QED) is 0.556. The Bertz CT molecular complexity index is 639. The van der Waals surface area contributed by atoms with Crippen LogP contribution in [0.3, 0.4) is 0 Å². The van der Waals surface area contributed by atoms with Crippen LogP contribution in [0.1, 0.15) is 45.6 Å². The van der Waals surface area contributed by atoms with E-state index in [1.807, 2.05) is 25.1 Å². The Morgan fingerprint density at radius 1 is 1.17 bits per heavy atom. The fourth-order valence-electron chi connectivity index (χ4n) is 3.58. The van der Waals surface area contributed by atoms with Gasteiger partial charge in [-0.25, -0.2) is 4.57 Å². The van der Waals surface area contributed by atoms with Gasteiger partial charge in [-0.05, 0) is 24.8 Å². The maximum atomic E-state index is 12.6. The molecule has 1 aromatic rings. The van der Waals surface area contributed by atoms with Gasteiger partial charge in [0.15, 0.2) is 0 Å². The number of hydrogen-bond donors (Lipinski definition) is 0. The fourth-order valence-corrected chi connectivity index (χ4v) is 3.76. The predicted octanol–water partition coefficient (Wildman–Crippen LogP) is 4.74. The van der Waals surface area contributed by atoms with Crippen molar-refractivity contribution in [2.24, 2.45) is 5.92 Å². The molecule has 24 heavy (non-hydrogen) atoms. The van der Waals surface area contributed by atoms with Crippen molar-refractivity contribution in [3.63, 3.8) is 0 Å². The topological polar surface area (TPSA) is 43.4 Å². The molecule has 0 aromatic heterocycles. The summed E-state index contributed by atoms with van der Waals surface area (Å²) in [5, 5.41) is 0. The average Bonchev–Trinajstić information content (AvgIpc) is 2.61. The number of benzene rings is 1. The van der Waals surface area contributed by atoms with Gasteiger partial charge in [0.2, 0.25) is 0 Å². The molecule has 0 saturated heterocycles. The second kappa shape index (κ2) is 9.38. The van der Waals surface area contributed by atoms with Crippen LogP contribution in [-0.2, 0) is 19.3 Å². The van der Waals surface area contributed by atoms with Crippen molar-refractivity contribution < 1.29 is 13.9 Å². The minimum absolute atomic E-state index is 0. The summed E-state index contributed by atoms with van der Waals surface area (Å²) >= 11 is 0. The molecular formula is C19H24LiO3P. The Balaban J connectivity index is 0.00000288. The summed E-state index contributed by atoms with van der Waals surface area (Å²) in [6, 6.07) is 10.1. The van der Waals surface area contributed by atoms with Crippen LogP contribution in [0, 0.1) is 5.92 Å². The van der Waals surface area contributed by atoms with Gasteiger partial charge in [0.1, 0.15) is 0 Å². The summed E-state index contributed by atoms with van der Waals surface area (Å²) < 4.78 is 15.7. The monoisotopic (exact) mass is 338 g/mol. The van der Waals surface area contributed by atoms with Crippen LogP contribution in [0.25, 0.3) is 0 Å². The Hall–Kier alpha value is -1.13. The standard InChI is InChI=1S/C19H23O3P.Li.H/c1-4-14-12-15(5-2)17(18(20)22-23-21)19(6-3,13-14)16-10-8-7-9-11-16;;/h7-13,17H,4-6H2,1-3H3;;. The third-order valence-electron chi connectivity index (χ3n) is 4.78. The zero-order valence-electron chi connectivity index (χ0n) is 13.9. The van der Waals surface area contributed by atoms with Crippen LogP contribution >= 0.6 is 8.69 Å². The van der Waals surface area contributed by atoms with Gasteiger partial charge >= 0.3 is 33.5 Å². The Labute approximate surface area is 158 Å². The third kappa shape index (κ3) is 3.92. The molecule has 2 rings (SSSR count). The van der Waals surface area contributed by atoms with Crippen molar-refractivity contribution in [2.75, 3.05) is 0 Å². The zero-order valence-corrected chi connectivity index (χ0v) is 14.8. The van der Waals surface area contributed by atoms with E-state index in [0.29, 0.717) is 0 Å². The summed E-state index contributed by atoms with van der Waals surface area (Å²) in [6.07, 6.45) is 6.76. The van der Waals surface area contributed by atoms with Crippen molar-refractivity contribution >= 4 is 33.5 Å². The van der Waals surface area contributed by atoms with Crippen LogP contribution in [0.4, 0.5) is 0 Å². The summed E-state index contributed by atoms with van der Waals surface area (Å²) in [5.41, 5.74) is 2.92. The number of carbonyl (C=O) groups is 1. The normalized spacial score (nSPS) is 23.0. The third-order valence-corrected chi connectivity index (χ3v) is 5.03. The van der Waals surface area contributed by atoms with Crippen LogP contribution < -0.4 is 0 Å². The molecule has 0 spiro atoms. The molecule has 2 unspecified atom stereocenters. The molecule has 0 radical (unpaired) electrons. The Kier molecular flexibility index (Phi) is 8.17. The molecule has 1 aromatic carbocycles. The van der Waals surface area contributed by atoms with E-state index in [9.17, 15) is 9.36 Å². The second-order valence-electron chi connectivity index (χ2n) is 5.82. The SMILES string of the molecule is CCC1=CC(CC)(c2ccccc2)C(C(=O)OP=O)C(CC)=C1.[LiH]. The average molecular weight is 338 g/mol. The van der Waals surface area contributed by atoms with Crippen molar-refractivity contribution in [3.8, 4) is 0 Å². The van der Waals surface area contributed by atoms with E-state index in [1.54, 1.807) is 0 Å². The Morgan fingerprint density at radius 3 is 2.33 bits per heavy atom. The molecule has 0 fully saturated rings. The minimum atomic E-state index is -0.592. The zero-order chi connectivity index (χ0) is 16.9. The molecule has 2 atom stereocenters. The molecular weight excluding hydrogens is 314 g/mol. The Morgan fingerprint density at radius 2 is 1.83 bits per heavy atom. The van der Waals surface area contributed by atoms with Gasteiger partial charge in [0, 0.05) is 5.41 Å². The van der Waals surface area contributed by atoms with E-state index < -0.39 is 26.0 Å². The molecule has 3 nitrogen and oxygen atoms in total. The molecule has 0 N–H and O–H groups in total. The molecule has 0 saturated carbocycles. The molecule has 0 aliphatic heterocycles. The van der Waals surface area contributed by atoms with E-state index in [4.69, 9.17) is 4.52 Å².